The maximum atomic E-state index is 12.1. The number of carbonyl (C=O) groups is 1. The van der Waals surface area contributed by atoms with Gasteiger partial charge in [0.25, 0.3) is 5.91 Å². The highest BCUT2D eigenvalue weighted by Gasteiger charge is 2.25. The van der Waals surface area contributed by atoms with Crippen LogP contribution in [-0.4, -0.2) is 23.2 Å². The molecular formula is C15H21Cl2NO. The van der Waals surface area contributed by atoms with Gasteiger partial charge in [-0.2, -0.15) is 0 Å². The maximum Gasteiger partial charge on any atom is 0.251 e. The maximum absolute atomic E-state index is 12.1. The zero-order valence-electron chi connectivity index (χ0n) is 11.9. The third kappa shape index (κ3) is 4.39. The van der Waals surface area contributed by atoms with Crippen molar-refractivity contribution in [2.45, 2.75) is 38.6 Å². The van der Waals surface area contributed by atoms with Gasteiger partial charge in [0.15, 0.2) is 0 Å². The topological polar surface area (TPSA) is 29.1 Å². The SMILES string of the molecule is CC(CCl)(CCl)NC(=O)c1ccc(C(C)(C)C)cc1. The summed E-state index contributed by atoms with van der Waals surface area (Å²) in [5, 5.41) is 2.86. The number of rotatable bonds is 4. The molecule has 2 nitrogen and oxygen atoms in total. The molecule has 1 aromatic rings. The number of nitrogens with one attached hydrogen (secondary N) is 1. The van der Waals surface area contributed by atoms with Gasteiger partial charge in [-0.05, 0) is 30.0 Å². The fourth-order valence-corrected chi connectivity index (χ4v) is 1.99. The van der Waals surface area contributed by atoms with Crippen LogP contribution in [0.15, 0.2) is 24.3 Å². The lowest BCUT2D eigenvalue weighted by atomic mass is 9.86. The van der Waals surface area contributed by atoms with E-state index in [2.05, 4.69) is 26.1 Å². The lowest BCUT2D eigenvalue weighted by Crippen LogP contribution is -2.49. The van der Waals surface area contributed by atoms with E-state index in [-0.39, 0.29) is 23.1 Å². The van der Waals surface area contributed by atoms with Gasteiger partial charge < -0.3 is 5.32 Å². The first kappa shape index (κ1) is 16.3. The van der Waals surface area contributed by atoms with Crippen molar-refractivity contribution in [2.24, 2.45) is 0 Å². The standard InChI is InChI=1S/C15H21Cl2NO/c1-14(2,3)12-7-5-11(6-8-12)13(19)18-15(4,9-16)10-17/h5-8H,9-10H2,1-4H3,(H,18,19). The molecule has 0 saturated heterocycles. The number of carbonyl (C=O) groups excluding carboxylic acids is 1. The molecule has 0 fully saturated rings. The van der Waals surface area contributed by atoms with E-state index in [1.54, 1.807) is 0 Å². The molecule has 1 N–H and O–H groups in total. The lowest BCUT2D eigenvalue weighted by Gasteiger charge is -2.26. The van der Waals surface area contributed by atoms with Crippen molar-refractivity contribution in [3.63, 3.8) is 0 Å². The van der Waals surface area contributed by atoms with E-state index >= 15 is 0 Å². The molecule has 0 heterocycles. The molecule has 1 aromatic carbocycles. The van der Waals surface area contributed by atoms with Gasteiger partial charge in [0.05, 0.1) is 5.54 Å². The number of benzene rings is 1. The smallest absolute Gasteiger partial charge is 0.251 e. The quantitative estimate of drug-likeness (QED) is 0.838. The zero-order chi connectivity index (χ0) is 14.7. The van der Waals surface area contributed by atoms with Crippen LogP contribution in [-0.2, 0) is 5.41 Å². The van der Waals surface area contributed by atoms with E-state index in [1.165, 1.54) is 5.56 Å². The summed E-state index contributed by atoms with van der Waals surface area (Å²) in [5.74, 6) is 0.411. The van der Waals surface area contributed by atoms with Gasteiger partial charge in [0.2, 0.25) is 0 Å². The second-order valence-electron chi connectivity index (χ2n) is 6.11. The van der Waals surface area contributed by atoms with Crippen molar-refractivity contribution in [3.8, 4) is 0 Å². The Morgan fingerprint density at radius 3 is 1.89 bits per heavy atom. The number of amides is 1. The molecule has 1 amide bonds. The third-order valence-electron chi connectivity index (χ3n) is 3.02. The molecule has 1 rings (SSSR count). The molecule has 0 saturated carbocycles. The molecule has 0 aliphatic rings. The van der Waals surface area contributed by atoms with Gasteiger partial charge in [-0.25, -0.2) is 0 Å². The molecule has 0 spiro atoms. The molecule has 0 aromatic heterocycles. The minimum absolute atomic E-state index is 0.0792. The van der Waals surface area contributed by atoms with Crippen LogP contribution in [0.5, 0.6) is 0 Å². The largest absolute Gasteiger partial charge is 0.344 e. The highest BCUT2D eigenvalue weighted by molar-refractivity contribution is 6.22. The Labute approximate surface area is 125 Å². The van der Waals surface area contributed by atoms with Crippen LogP contribution in [0, 0.1) is 0 Å². The van der Waals surface area contributed by atoms with Crippen molar-refractivity contribution < 1.29 is 4.79 Å². The highest BCUT2D eigenvalue weighted by atomic mass is 35.5. The van der Waals surface area contributed by atoms with Crippen molar-refractivity contribution >= 4 is 29.1 Å². The van der Waals surface area contributed by atoms with E-state index in [0.717, 1.165) is 0 Å². The first-order valence-corrected chi connectivity index (χ1v) is 7.34. The Balaban J connectivity index is 2.85. The van der Waals surface area contributed by atoms with E-state index in [1.807, 2.05) is 31.2 Å². The van der Waals surface area contributed by atoms with Crippen LogP contribution in [0.1, 0.15) is 43.6 Å². The van der Waals surface area contributed by atoms with Gasteiger partial charge in [-0.15, -0.1) is 23.2 Å². The van der Waals surface area contributed by atoms with Gasteiger partial charge in [0.1, 0.15) is 0 Å². The molecule has 0 radical (unpaired) electrons. The van der Waals surface area contributed by atoms with Crippen molar-refractivity contribution in [2.75, 3.05) is 11.8 Å². The normalized spacial score (nSPS) is 12.3. The number of halogens is 2. The van der Waals surface area contributed by atoms with E-state index in [4.69, 9.17) is 23.2 Å². The Kier molecular flexibility index (Phi) is 5.28. The summed E-state index contributed by atoms with van der Waals surface area (Å²) in [7, 11) is 0. The van der Waals surface area contributed by atoms with Crippen LogP contribution >= 0.6 is 23.2 Å². The molecule has 19 heavy (non-hydrogen) atoms. The lowest BCUT2D eigenvalue weighted by molar-refractivity contribution is 0.0921. The van der Waals surface area contributed by atoms with E-state index in [9.17, 15) is 4.79 Å². The van der Waals surface area contributed by atoms with Gasteiger partial charge >= 0.3 is 0 Å². The number of alkyl halides is 2. The first-order valence-electron chi connectivity index (χ1n) is 6.27. The van der Waals surface area contributed by atoms with Gasteiger partial charge in [-0.3, -0.25) is 4.79 Å². The summed E-state index contributed by atoms with van der Waals surface area (Å²) in [6.45, 7) is 8.24. The minimum atomic E-state index is -0.580. The molecule has 0 atom stereocenters. The summed E-state index contributed by atoms with van der Waals surface area (Å²) < 4.78 is 0. The molecule has 0 aliphatic heterocycles. The van der Waals surface area contributed by atoms with Crippen LogP contribution in [0.2, 0.25) is 0 Å². The summed E-state index contributed by atoms with van der Waals surface area (Å²) >= 11 is 11.7. The molecule has 4 heteroatoms. The Bertz CT molecular complexity index is 430. The number of hydrogen-bond acceptors (Lipinski definition) is 1. The van der Waals surface area contributed by atoms with E-state index in [0.29, 0.717) is 5.56 Å². The summed E-state index contributed by atoms with van der Waals surface area (Å²) in [5.41, 5.74) is 1.31. The predicted molar refractivity (Wildman–Crippen MR) is 82.5 cm³/mol. The minimum Gasteiger partial charge on any atom is -0.344 e. The molecule has 0 bridgehead atoms. The Morgan fingerprint density at radius 2 is 1.53 bits per heavy atom. The molecular weight excluding hydrogens is 281 g/mol. The van der Waals surface area contributed by atoms with Crippen LogP contribution in [0.4, 0.5) is 0 Å². The second kappa shape index (κ2) is 6.15. The van der Waals surface area contributed by atoms with E-state index < -0.39 is 5.54 Å². The summed E-state index contributed by atoms with van der Waals surface area (Å²) in [6.07, 6.45) is 0. The number of hydrogen-bond donors (Lipinski definition) is 1. The fourth-order valence-electron chi connectivity index (χ4n) is 1.57. The van der Waals surface area contributed by atoms with Crippen molar-refractivity contribution in [3.05, 3.63) is 35.4 Å². The molecule has 106 valence electrons. The third-order valence-corrected chi connectivity index (χ3v) is 4.20. The van der Waals surface area contributed by atoms with Crippen LogP contribution in [0.3, 0.4) is 0 Å². The second-order valence-corrected chi connectivity index (χ2v) is 6.64. The summed E-state index contributed by atoms with van der Waals surface area (Å²) in [6, 6.07) is 7.62. The Morgan fingerprint density at radius 1 is 1.05 bits per heavy atom. The first-order chi connectivity index (χ1) is 8.72. The zero-order valence-corrected chi connectivity index (χ0v) is 13.4. The average molecular weight is 302 g/mol. The Hall–Kier alpha value is -0.730. The molecule has 0 unspecified atom stereocenters. The molecule has 0 aliphatic carbocycles. The van der Waals surface area contributed by atoms with Gasteiger partial charge in [0, 0.05) is 17.3 Å². The average Bonchev–Trinajstić information content (AvgIpc) is 2.37. The van der Waals surface area contributed by atoms with Crippen LogP contribution in [0.25, 0.3) is 0 Å². The van der Waals surface area contributed by atoms with Crippen molar-refractivity contribution in [1.29, 1.82) is 0 Å². The summed E-state index contributed by atoms with van der Waals surface area (Å²) in [4.78, 5) is 12.1. The fraction of sp³-hybridized carbons (Fsp3) is 0.533. The predicted octanol–water partition coefficient (Wildman–Crippen LogP) is 3.95. The monoisotopic (exact) mass is 301 g/mol. The van der Waals surface area contributed by atoms with Gasteiger partial charge in [-0.1, -0.05) is 32.9 Å². The van der Waals surface area contributed by atoms with Crippen molar-refractivity contribution in [1.82, 2.24) is 5.32 Å². The van der Waals surface area contributed by atoms with Crippen LogP contribution < -0.4 is 5.32 Å². The highest BCUT2D eigenvalue weighted by Crippen LogP contribution is 2.22.